The Balaban J connectivity index is 2.05. The zero-order valence-electron chi connectivity index (χ0n) is 10.3. The molecule has 4 heteroatoms. The van der Waals surface area contributed by atoms with Crippen molar-refractivity contribution in [2.75, 3.05) is 6.54 Å². The number of hydrogen-bond acceptors (Lipinski definition) is 4. The highest BCUT2D eigenvalue weighted by Crippen LogP contribution is 2.20. The van der Waals surface area contributed by atoms with E-state index in [-0.39, 0.29) is 6.04 Å². The number of thiazole rings is 1. The number of nitrogens with one attached hydrogen (secondary N) is 1. The molecule has 0 saturated carbocycles. The highest BCUT2D eigenvalue weighted by molar-refractivity contribution is 7.09. The van der Waals surface area contributed by atoms with Crippen molar-refractivity contribution in [3.8, 4) is 0 Å². The molecule has 1 atom stereocenters. The van der Waals surface area contributed by atoms with Crippen LogP contribution in [-0.2, 0) is 6.42 Å². The Bertz CT molecular complexity index is 436. The second kappa shape index (κ2) is 5.98. The van der Waals surface area contributed by atoms with E-state index in [0.717, 1.165) is 35.8 Å². The molecule has 0 amide bonds. The minimum atomic E-state index is 0.228. The molecule has 17 heavy (non-hydrogen) atoms. The maximum Gasteiger partial charge on any atom is 0.121 e. The van der Waals surface area contributed by atoms with Gasteiger partial charge in [0.1, 0.15) is 5.76 Å². The molecule has 2 aromatic rings. The third kappa shape index (κ3) is 3.41. The molecule has 0 aliphatic rings. The second-order valence-corrected chi connectivity index (χ2v) is 5.15. The van der Waals surface area contributed by atoms with Crippen LogP contribution >= 0.6 is 11.3 Å². The number of nitrogens with zero attached hydrogens (tertiary/aromatic N) is 1. The fourth-order valence-electron chi connectivity index (χ4n) is 1.79. The van der Waals surface area contributed by atoms with Gasteiger partial charge in [0.05, 0.1) is 23.0 Å². The first-order valence-corrected chi connectivity index (χ1v) is 6.85. The normalized spacial score (nSPS) is 12.8. The highest BCUT2D eigenvalue weighted by atomic mass is 32.1. The van der Waals surface area contributed by atoms with Crippen molar-refractivity contribution in [1.29, 1.82) is 0 Å². The molecule has 0 aromatic carbocycles. The fraction of sp³-hybridized carbons (Fsp3) is 0.462. The summed E-state index contributed by atoms with van der Waals surface area (Å²) in [4.78, 5) is 4.51. The van der Waals surface area contributed by atoms with Gasteiger partial charge in [0.25, 0.3) is 0 Å². The second-order valence-electron chi connectivity index (χ2n) is 4.08. The Kier molecular flexibility index (Phi) is 4.34. The Labute approximate surface area is 106 Å². The molecule has 2 rings (SSSR count). The Hall–Kier alpha value is -1.13. The third-order valence-corrected chi connectivity index (χ3v) is 3.43. The Morgan fingerprint density at radius 1 is 1.53 bits per heavy atom. The van der Waals surface area contributed by atoms with Gasteiger partial charge in [0.2, 0.25) is 0 Å². The fourth-order valence-corrected chi connectivity index (χ4v) is 2.42. The van der Waals surface area contributed by atoms with Crippen molar-refractivity contribution in [2.45, 2.75) is 32.7 Å². The van der Waals surface area contributed by atoms with E-state index in [4.69, 9.17) is 4.42 Å². The molecule has 0 fully saturated rings. The highest BCUT2D eigenvalue weighted by Gasteiger charge is 2.15. The number of furan rings is 1. The van der Waals surface area contributed by atoms with Crippen molar-refractivity contribution in [2.24, 2.45) is 0 Å². The topological polar surface area (TPSA) is 38.1 Å². The third-order valence-electron chi connectivity index (χ3n) is 2.61. The molecule has 1 N–H and O–H groups in total. The van der Waals surface area contributed by atoms with E-state index in [2.05, 4.69) is 22.6 Å². The van der Waals surface area contributed by atoms with E-state index in [1.54, 1.807) is 17.6 Å². The van der Waals surface area contributed by atoms with Gasteiger partial charge < -0.3 is 9.73 Å². The van der Waals surface area contributed by atoms with E-state index >= 15 is 0 Å². The van der Waals surface area contributed by atoms with Crippen LogP contribution in [0.2, 0.25) is 0 Å². The summed E-state index contributed by atoms with van der Waals surface area (Å²) in [5.41, 5.74) is 1.14. The maximum atomic E-state index is 5.48. The summed E-state index contributed by atoms with van der Waals surface area (Å²) in [5, 5.41) is 6.74. The summed E-state index contributed by atoms with van der Waals surface area (Å²) in [6.07, 6.45) is 3.73. The molecule has 3 nitrogen and oxygen atoms in total. The van der Waals surface area contributed by atoms with Crippen LogP contribution in [0.25, 0.3) is 0 Å². The molecule has 2 heterocycles. The molecule has 0 bridgehead atoms. The summed E-state index contributed by atoms with van der Waals surface area (Å²) in [5.74, 6) is 0.990. The number of aryl methyl sites for hydroxylation is 1. The van der Waals surface area contributed by atoms with Gasteiger partial charge in [-0.1, -0.05) is 6.92 Å². The molecule has 0 radical (unpaired) electrons. The van der Waals surface area contributed by atoms with Crippen LogP contribution < -0.4 is 5.32 Å². The van der Waals surface area contributed by atoms with Gasteiger partial charge in [0, 0.05) is 11.8 Å². The predicted octanol–water partition coefficient (Wildman–Crippen LogP) is 3.33. The number of hydrogen-bond donors (Lipinski definition) is 1. The van der Waals surface area contributed by atoms with Gasteiger partial charge in [-0.05, 0) is 32.0 Å². The average molecular weight is 250 g/mol. The average Bonchev–Trinajstić information content (AvgIpc) is 2.95. The van der Waals surface area contributed by atoms with Crippen molar-refractivity contribution < 1.29 is 4.42 Å². The quantitative estimate of drug-likeness (QED) is 0.854. The van der Waals surface area contributed by atoms with Crippen LogP contribution in [0.3, 0.4) is 0 Å². The maximum absolute atomic E-state index is 5.48. The lowest BCUT2D eigenvalue weighted by molar-refractivity contribution is 0.408. The smallest absolute Gasteiger partial charge is 0.121 e. The summed E-state index contributed by atoms with van der Waals surface area (Å²) in [7, 11) is 0. The van der Waals surface area contributed by atoms with E-state index in [9.17, 15) is 0 Å². The van der Waals surface area contributed by atoms with Gasteiger partial charge in [-0.3, -0.25) is 0 Å². The van der Waals surface area contributed by atoms with Crippen molar-refractivity contribution in [3.63, 3.8) is 0 Å². The molecule has 92 valence electrons. The monoisotopic (exact) mass is 250 g/mol. The van der Waals surface area contributed by atoms with Gasteiger partial charge in [-0.2, -0.15) is 0 Å². The minimum absolute atomic E-state index is 0.228. The Morgan fingerprint density at radius 2 is 2.41 bits per heavy atom. The molecular formula is C13H18N2OS. The number of rotatable bonds is 6. The van der Waals surface area contributed by atoms with Crippen molar-refractivity contribution in [1.82, 2.24) is 10.3 Å². The van der Waals surface area contributed by atoms with Gasteiger partial charge in [-0.25, -0.2) is 4.98 Å². The zero-order valence-corrected chi connectivity index (χ0v) is 11.1. The summed E-state index contributed by atoms with van der Waals surface area (Å²) < 4.78 is 5.48. The molecule has 0 aliphatic heterocycles. The summed E-state index contributed by atoms with van der Waals surface area (Å²) in [6, 6.07) is 4.18. The first kappa shape index (κ1) is 12.3. The van der Waals surface area contributed by atoms with Crippen LogP contribution in [0.15, 0.2) is 28.2 Å². The first-order valence-electron chi connectivity index (χ1n) is 5.97. The molecule has 0 spiro atoms. The lowest BCUT2D eigenvalue weighted by Gasteiger charge is -2.14. The van der Waals surface area contributed by atoms with Crippen molar-refractivity contribution >= 4 is 11.3 Å². The molecular weight excluding hydrogens is 232 g/mol. The van der Waals surface area contributed by atoms with Crippen molar-refractivity contribution in [3.05, 3.63) is 40.2 Å². The van der Waals surface area contributed by atoms with E-state index in [0.29, 0.717) is 0 Å². The van der Waals surface area contributed by atoms with Crippen LogP contribution in [-0.4, -0.2) is 11.5 Å². The summed E-state index contributed by atoms with van der Waals surface area (Å²) in [6.45, 7) is 5.20. The zero-order chi connectivity index (χ0) is 12.1. The minimum Gasteiger partial charge on any atom is -0.468 e. The van der Waals surface area contributed by atoms with Gasteiger partial charge in [-0.15, -0.1) is 11.3 Å². The molecule has 1 unspecified atom stereocenters. The van der Waals surface area contributed by atoms with Crippen LogP contribution in [0, 0.1) is 6.92 Å². The SMILES string of the molecule is CCCNC(Cc1csc(C)n1)c1ccco1. The van der Waals surface area contributed by atoms with Gasteiger partial charge >= 0.3 is 0 Å². The number of aromatic nitrogens is 1. The first-order chi connectivity index (χ1) is 8.29. The molecule has 2 aromatic heterocycles. The standard InChI is InChI=1S/C13H18N2OS/c1-3-6-14-12(13-5-4-7-16-13)8-11-9-17-10(2)15-11/h4-5,7,9,12,14H,3,6,8H2,1-2H3. The largest absolute Gasteiger partial charge is 0.468 e. The molecule has 0 aliphatic carbocycles. The van der Waals surface area contributed by atoms with Crippen LogP contribution in [0.5, 0.6) is 0 Å². The van der Waals surface area contributed by atoms with E-state index in [1.165, 1.54) is 0 Å². The summed E-state index contributed by atoms with van der Waals surface area (Å²) >= 11 is 1.70. The van der Waals surface area contributed by atoms with Crippen LogP contribution in [0.4, 0.5) is 0 Å². The molecule has 0 saturated heterocycles. The predicted molar refractivity (Wildman–Crippen MR) is 70.3 cm³/mol. The van der Waals surface area contributed by atoms with E-state index in [1.807, 2.05) is 19.1 Å². The lowest BCUT2D eigenvalue weighted by atomic mass is 10.1. The Morgan fingerprint density at radius 3 is 3.00 bits per heavy atom. The van der Waals surface area contributed by atoms with Gasteiger partial charge in [0.15, 0.2) is 0 Å². The van der Waals surface area contributed by atoms with Crippen LogP contribution in [0.1, 0.15) is 35.8 Å². The lowest BCUT2D eigenvalue weighted by Crippen LogP contribution is -2.23. The van der Waals surface area contributed by atoms with E-state index < -0.39 is 0 Å².